The van der Waals surface area contributed by atoms with Crippen molar-refractivity contribution < 1.29 is 4.74 Å². The second kappa shape index (κ2) is 8.18. The standard InChI is InChI=1S/C18H22ClNO/c1-14(20)18(16-10-5-11-17(19)13-16)21-12-6-9-15-7-3-2-4-8-15/h2-5,7-8,10-11,13-14,18H,6,9,12,20H2,1H3. The van der Waals surface area contributed by atoms with E-state index in [2.05, 4.69) is 24.3 Å². The Morgan fingerprint density at radius 2 is 1.86 bits per heavy atom. The van der Waals surface area contributed by atoms with Crippen molar-refractivity contribution in [3.8, 4) is 0 Å². The lowest BCUT2D eigenvalue weighted by Crippen LogP contribution is -2.27. The molecule has 0 bridgehead atoms. The first-order chi connectivity index (χ1) is 10.2. The number of rotatable bonds is 7. The quantitative estimate of drug-likeness (QED) is 0.771. The highest BCUT2D eigenvalue weighted by Crippen LogP contribution is 2.23. The molecule has 2 aromatic rings. The largest absolute Gasteiger partial charge is 0.372 e. The number of nitrogens with two attached hydrogens (primary N) is 1. The highest BCUT2D eigenvalue weighted by atomic mass is 35.5. The van der Waals surface area contributed by atoms with Gasteiger partial charge in [-0.2, -0.15) is 0 Å². The van der Waals surface area contributed by atoms with Gasteiger partial charge < -0.3 is 10.5 Å². The average molecular weight is 304 g/mol. The van der Waals surface area contributed by atoms with E-state index in [-0.39, 0.29) is 12.1 Å². The topological polar surface area (TPSA) is 35.2 Å². The molecule has 0 amide bonds. The Balaban J connectivity index is 1.86. The Hall–Kier alpha value is -1.35. The highest BCUT2D eigenvalue weighted by Gasteiger charge is 2.16. The Bertz CT molecular complexity index is 542. The number of hydrogen-bond donors (Lipinski definition) is 1. The molecule has 0 heterocycles. The van der Waals surface area contributed by atoms with Crippen LogP contribution in [0.3, 0.4) is 0 Å². The van der Waals surface area contributed by atoms with Crippen LogP contribution in [-0.4, -0.2) is 12.6 Å². The summed E-state index contributed by atoms with van der Waals surface area (Å²) in [7, 11) is 0. The van der Waals surface area contributed by atoms with Crippen LogP contribution in [0.1, 0.15) is 30.6 Å². The Kier molecular flexibility index (Phi) is 6.24. The van der Waals surface area contributed by atoms with Gasteiger partial charge in [0.05, 0.1) is 6.10 Å². The molecule has 0 fully saturated rings. The molecule has 2 nitrogen and oxygen atoms in total. The summed E-state index contributed by atoms with van der Waals surface area (Å²) in [6.45, 7) is 2.65. The molecule has 2 N–H and O–H groups in total. The van der Waals surface area contributed by atoms with E-state index in [1.165, 1.54) is 5.56 Å². The van der Waals surface area contributed by atoms with Crippen molar-refractivity contribution in [1.82, 2.24) is 0 Å². The average Bonchev–Trinajstić information content (AvgIpc) is 2.48. The molecule has 0 saturated carbocycles. The summed E-state index contributed by atoms with van der Waals surface area (Å²) in [5, 5.41) is 0.714. The van der Waals surface area contributed by atoms with Gasteiger partial charge in [0.15, 0.2) is 0 Å². The number of halogens is 1. The van der Waals surface area contributed by atoms with E-state index in [1.54, 1.807) is 0 Å². The fourth-order valence-corrected chi connectivity index (χ4v) is 2.57. The molecular weight excluding hydrogens is 282 g/mol. The summed E-state index contributed by atoms with van der Waals surface area (Å²) in [6, 6.07) is 18.1. The Morgan fingerprint density at radius 1 is 1.10 bits per heavy atom. The zero-order valence-electron chi connectivity index (χ0n) is 12.3. The van der Waals surface area contributed by atoms with Crippen LogP contribution in [0.15, 0.2) is 54.6 Å². The molecule has 0 radical (unpaired) electrons. The van der Waals surface area contributed by atoms with Crippen molar-refractivity contribution in [2.45, 2.75) is 31.9 Å². The van der Waals surface area contributed by atoms with Crippen LogP contribution in [0.5, 0.6) is 0 Å². The van der Waals surface area contributed by atoms with Crippen LogP contribution < -0.4 is 5.73 Å². The number of benzene rings is 2. The summed E-state index contributed by atoms with van der Waals surface area (Å²) in [5.74, 6) is 0. The van der Waals surface area contributed by atoms with Crippen molar-refractivity contribution in [3.05, 3.63) is 70.7 Å². The second-order valence-electron chi connectivity index (χ2n) is 5.29. The third-order valence-electron chi connectivity index (χ3n) is 3.40. The van der Waals surface area contributed by atoms with Gasteiger partial charge in [-0.1, -0.05) is 54.1 Å². The molecule has 2 rings (SSSR count). The number of hydrogen-bond acceptors (Lipinski definition) is 2. The monoisotopic (exact) mass is 303 g/mol. The van der Waals surface area contributed by atoms with Gasteiger partial charge in [-0.25, -0.2) is 0 Å². The molecule has 2 unspecified atom stereocenters. The maximum atomic E-state index is 6.04. The second-order valence-corrected chi connectivity index (χ2v) is 5.73. The molecule has 112 valence electrons. The van der Waals surface area contributed by atoms with Crippen molar-refractivity contribution in [3.63, 3.8) is 0 Å². The van der Waals surface area contributed by atoms with E-state index >= 15 is 0 Å². The summed E-state index contributed by atoms with van der Waals surface area (Å²) in [4.78, 5) is 0. The minimum Gasteiger partial charge on any atom is -0.372 e. The number of aryl methyl sites for hydroxylation is 1. The first kappa shape index (κ1) is 16.0. The van der Waals surface area contributed by atoms with Gasteiger partial charge >= 0.3 is 0 Å². The van der Waals surface area contributed by atoms with Gasteiger partial charge in [-0.05, 0) is 43.0 Å². The Labute approximate surface area is 131 Å². The van der Waals surface area contributed by atoms with Gasteiger partial charge in [-0.15, -0.1) is 0 Å². The molecule has 21 heavy (non-hydrogen) atoms. The van der Waals surface area contributed by atoms with Gasteiger partial charge in [-0.3, -0.25) is 0 Å². The fraction of sp³-hybridized carbons (Fsp3) is 0.333. The molecule has 0 saturated heterocycles. The third kappa shape index (κ3) is 5.16. The summed E-state index contributed by atoms with van der Waals surface area (Å²) < 4.78 is 5.98. The zero-order chi connectivity index (χ0) is 15.1. The smallest absolute Gasteiger partial charge is 0.0973 e. The van der Waals surface area contributed by atoms with Crippen LogP contribution in [0.2, 0.25) is 5.02 Å². The van der Waals surface area contributed by atoms with Gasteiger partial charge in [0.1, 0.15) is 0 Å². The zero-order valence-corrected chi connectivity index (χ0v) is 13.1. The minimum absolute atomic E-state index is 0.0693. The first-order valence-corrected chi connectivity index (χ1v) is 7.71. The predicted molar refractivity (Wildman–Crippen MR) is 88.6 cm³/mol. The molecule has 0 aliphatic rings. The van der Waals surface area contributed by atoms with Crippen molar-refractivity contribution in [2.24, 2.45) is 5.73 Å². The summed E-state index contributed by atoms with van der Waals surface area (Å²) >= 11 is 6.04. The van der Waals surface area contributed by atoms with Crippen LogP contribution >= 0.6 is 11.6 Å². The molecular formula is C18H22ClNO. The van der Waals surface area contributed by atoms with Gasteiger partial charge in [0.25, 0.3) is 0 Å². The van der Waals surface area contributed by atoms with E-state index in [0.717, 1.165) is 18.4 Å². The van der Waals surface area contributed by atoms with Crippen molar-refractivity contribution in [2.75, 3.05) is 6.61 Å². The summed E-state index contributed by atoms with van der Waals surface area (Å²) in [5.41, 5.74) is 8.42. The summed E-state index contributed by atoms with van der Waals surface area (Å²) in [6.07, 6.45) is 1.88. The normalized spacial score (nSPS) is 13.9. The molecule has 0 spiro atoms. The fourth-order valence-electron chi connectivity index (χ4n) is 2.37. The SMILES string of the molecule is CC(N)C(OCCCc1ccccc1)c1cccc(Cl)c1. The van der Waals surface area contributed by atoms with Crippen LogP contribution in [0, 0.1) is 0 Å². The van der Waals surface area contributed by atoms with Crippen LogP contribution in [-0.2, 0) is 11.2 Å². The van der Waals surface area contributed by atoms with E-state index < -0.39 is 0 Å². The van der Waals surface area contributed by atoms with E-state index in [0.29, 0.717) is 11.6 Å². The molecule has 0 aromatic heterocycles. The lowest BCUT2D eigenvalue weighted by Gasteiger charge is -2.22. The van der Waals surface area contributed by atoms with Crippen LogP contribution in [0.4, 0.5) is 0 Å². The molecule has 2 aromatic carbocycles. The first-order valence-electron chi connectivity index (χ1n) is 7.33. The highest BCUT2D eigenvalue weighted by molar-refractivity contribution is 6.30. The number of ether oxygens (including phenoxy) is 1. The van der Waals surface area contributed by atoms with Crippen LogP contribution in [0.25, 0.3) is 0 Å². The third-order valence-corrected chi connectivity index (χ3v) is 3.64. The minimum atomic E-state index is -0.112. The molecule has 2 atom stereocenters. The van der Waals surface area contributed by atoms with Gasteiger partial charge in [0.2, 0.25) is 0 Å². The molecule has 0 aliphatic carbocycles. The van der Waals surface area contributed by atoms with E-state index in [1.807, 2.05) is 37.3 Å². The lowest BCUT2D eigenvalue weighted by molar-refractivity contribution is 0.0370. The maximum absolute atomic E-state index is 6.04. The van der Waals surface area contributed by atoms with Crippen molar-refractivity contribution in [1.29, 1.82) is 0 Å². The van der Waals surface area contributed by atoms with Crippen molar-refractivity contribution >= 4 is 11.6 Å². The van der Waals surface area contributed by atoms with Gasteiger partial charge in [0, 0.05) is 17.7 Å². The maximum Gasteiger partial charge on any atom is 0.0973 e. The van der Waals surface area contributed by atoms with E-state index in [4.69, 9.17) is 22.1 Å². The predicted octanol–water partition coefficient (Wildman–Crippen LogP) is 4.38. The lowest BCUT2D eigenvalue weighted by atomic mass is 10.0. The molecule has 3 heteroatoms. The Morgan fingerprint density at radius 3 is 2.52 bits per heavy atom. The molecule has 0 aliphatic heterocycles. The van der Waals surface area contributed by atoms with E-state index in [9.17, 15) is 0 Å².